The van der Waals surface area contributed by atoms with Gasteiger partial charge in [-0.05, 0) is 28.9 Å². The van der Waals surface area contributed by atoms with Crippen molar-refractivity contribution >= 4 is 21.7 Å². The molecule has 1 aromatic heterocycles. The summed E-state index contributed by atoms with van der Waals surface area (Å²) in [6.07, 6.45) is 0. The summed E-state index contributed by atoms with van der Waals surface area (Å²) >= 11 is 3.17. The van der Waals surface area contributed by atoms with E-state index in [1.165, 1.54) is 7.11 Å². The summed E-state index contributed by atoms with van der Waals surface area (Å²) in [5.74, 6) is 0.507. The zero-order valence-electron chi connectivity index (χ0n) is 9.34. The van der Waals surface area contributed by atoms with E-state index in [2.05, 4.69) is 26.1 Å². The van der Waals surface area contributed by atoms with Gasteiger partial charge in [0.15, 0.2) is 0 Å². The monoisotopic (exact) mass is 299 g/mol. The highest BCUT2D eigenvalue weighted by Crippen LogP contribution is 2.37. The molecule has 0 saturated carbocycles. The molecule has 4 nitrogen and oxygen atoms in total. The molecule has 0 unspecified atom stereocenters. The van der Waals surface area contributed by atoms with Gasteiger partial charge in [-0.1, -0.05) is 0 Å². The smallest absolute Gasteiger partial charge is 0.145 e. The number of anilines is 1. The summed E-state index contributed by atoms with van der Waals surface area (Å²) in [4.78, 5) is 0. The Labute approximate surface area is 106 Å². The Bertz CT molecular complexity index is 568. The van der Waals surface area contributed by atoms with Gasteiger partial charge in [0, 0.05) is 17.2 Å². The number of methoxy groups -OCH3 is 1. The van der Waals surface area contributed by atoms with E-state index in [0.717, 1.165) is 0 Å². The number of aromatic amines is 1. The molecule has 90 valence electrons. The number of H-pyrrole nitrogens is 1. The molecule has 2 aromatic rings. The van der Waals surface area contributed by atoms with Gasteiger partial charge < -0.3 is 10.5 Å². The number of nitrogens with two attached hydrogens (primary N) is 1. The molecule has 2 rings (SSSR count). The molecule has 0 aliphatic heterocycles. The Morgan fingerprint density at radius 3 is 2.71 bits per heavy atom. The predicted octanol–water partition coefficient (Wildman–Crippen LogP) is 2.88. The minimum Gasteiger partial charge on any atom is -0.496 e. The number of nitrogens with one attached hydrogen (secondary N) is 1. The zero-order valence-corrected chi connectivity index (χ0v) is 10.9. The largest absolute Gasteiger partial charge is 0.496 e. The lowest BCUT2D eigenvalue weighted by molar-refractivity contribution is 0.408. The average molecular weight is 300 g/mol. The predicted molar refractivity (Wildman–Crippen MR) is 67.4 cm³/mol. The summed E-state index contributed by atoms with van der Waals surface area (Å²) < 4.78 is 19.3. The van der Waals surface area contributed by atoms with E-state index in [9.17, 15) is 4.39 Å². The van der Waals surface area contributed by atoms with Crippen LogP contribution in [0.2, 0.25) is 0 Å². The molecular formula is C11H11BrFN3O. The molecular weight excluding hydrogens is 289 g/mol. The fourth-order valence-electron chi connectivity index (χ4n) is 1.67. The maximum absolute atomic E-state index is 13.7. The lowest BCUT2D eigenvalue weighted by Crippen LogP contribution is -1.96. The number of hydrogen-bond donors (Lipinski definition) is 2. The average Bonchev–Trinajstić information content (AvgIpc) is 2.72. The van der Waals surface area contributed by atoms with Crippen molar-refractivity contribution in [3.05, 3.63) is 28.0 Å². The molecule has 0 atom stereocenters. The standard InChI is InChI=1S/C11H11BrFN3O/c1-5-10(13)7(12)3-6(11(5)17-2)8-4-9(14)16-15-8/h3-4H,1-2H3,(H3,14,15,16). The highest BCUT2D eigenvalue weighted by Gasteiger charge is 2.17. The van der Waals surface area contributed by atoms with Gasteiger partial charge in [-0.25, -0.2) is 4.39 Å². The minimum atomic E-state index is -0.335. The summed E-state index contributed by atoms with van der Waals surface area (Å²) in [6, 6.07) is 3.30. The maximum Gasteiger partial charge on any atom is 0.145 e. The van der Waals surface area contributed by atoms with Gasteiger partial charge in [0.25, 0.3) is 0 Å². The van der Waals surface area contributed by atoms with Gasteiger partial charge in [0.1, 0.15) is 17.4 Å². The minimum absolute atomic E-state index is 0.335. The fourth-order valence-corrected chi connectivity index (χ4v) is 2.20. The highest BCUT2D eigenvalue weighted by atomic mass is 79.9. The number of benzene rings is 1. The second kappa shape index (κ2) is 4.37. The topological polar surface area (TPSA) is 63.9 Å². The third-order valence-corrected chi connectivity index (χ3v) is 3.06. The van der Waals surface area contributed by atoms with E-state index in [0.29, 0.717) is 32.9 Å². The van der Waals surface area contributed by atoms with Crippen LogP contribution in [0.25, 0.3) is 11.3 Å². The first-order valence-electron chi connectivity index (χ1n) is 4.88. The normalized spacial score (nSPS) is 10.6. The number of nitrogens with zero attached hydrogens (tertiary/aromatic N) is 1. The molecule has 0 aliphatic rings. The van der Waals surface area contributed by atoms with Crippen molar-refractivity contribution in [2.75, 3.05) is 12.8 Å². The van der Waals surface area contributed by atoms with E-state index in [1.54, 1.807) is 19.1 Å². The van der Waals surface area contributed by atoms with Crippen LogP contribution in [0.1, 0.15) is 5.56 Å². The van der Waals surface area contributed by atoms with Crippen LogP contribution in [0, 0.1) is 12.7 Å². The number of rotatable bonds is 2. The number of ether oxygens (including phenoxy) is 1. The highest BCUT2D eigenvalue weighted by molar-refractivity contribution is 9.10. The van der Waals surface area contributed by atoms with Crippen LogP contribution in [0.3, 0.4) is 0 Å². The van der Waals surface area contributed by atoms with E-state index in [-0.39, 0.29) is 5.82 Å². The first-order chi connectivity index (χ1) is 8.04. The molecule has 3 N–H and O–H groups in total. The Morgan fingerprint density at radius 1 is 1.47 bits per heavy atom. The van der Waals surface area contributed by atoms with Crippen LogP contribution in [0.5, 0.6) is 5.75 Å². The molecule has 17 heavy (non-hydrogen) atoms. The van der Waals surface area contributed by atoms with Gasteiger partial charge in [0.2, 0.25) is 0 Å². The van der Waals surface area contributed by atoms with Gasteiger partial charge in [-0.15, -0.1) is 0 Å². The van der Waals surface area contributed by atoms with Crippen LogP contribution in [0.15, 0.2) is 16.6 Å². The summed E-state index contributed by atoms with van der Waals surface area (Å²) in [6.45, 7) is 1.65. The lowest BCUT2D eigenvalue weighted by atomic mass is 10.1. The van der Waals surface area contributed by atoms with Gasteiger partial charge >= 0.3 is 0 Å². The molecule has 0 bridgehead atoms. The molecule has 1 heterocycles. The van der Waals surface area contributed by atoms with Crippen molar-refractivity contribution < 1.29 is 9.13 Å². The summed E-state index contributed by atoms with van der Waals surface area (Å²) in [5.41, 5.74) is 7.37. The molecule has 0 saturated heterocycles. The first-order valence-corrected chi connectivity index (χ1v) is 5.67. The Morgan fingerprint density at radius 2 is 2.18 bits per heavy atom. The fraction of sp³-hybridized carbons (Fsp3) is 0.182. The van der Waals surface area contributed by atoms with E-state index < -0.39 is 0 Å². The van der Waals surface area contributed by atoms with Gasteiger partial charge in [0.05, 0.1) is 17.3 Å². The third kappa shape index (κ3) is 2.00. The number of hydrogen-bond acceptors (Lipinski definition) is 3. The Balaban J connectivity index is 2.69. The van der Waals surface area contributed by atoms with Crippen LogP contribution in [-0.2, 0) is 0 Å². The molecule has 0 fully saturated rings. The molecule has 1 aromatic carbocycles. The van der Waals surface area contributed by atoms with Crippen molar-refractivity contribution in [2.45, 2.75) is 6.92 Å². The SMILES string of the molecule is COc1c(-c2cc(N)n[nH]2)cc(Br)c(F)c1C. The van der Waals surface area contributed by atoms with Crippen LogP contribution in [-0.4, -0.2) is 17.3 Å². The second-order valence-corrected chi connectivity index (χ2v) is 4.44. The molecule has 6 heteroatoms. The quantitative estimate of drug-likeness (QED) is 0.896. The number of nitrogen functional groups attached to an aromatic ring is 1. The molecule has 0 spiro atoms. The molecule has 0 aliphatic carbocycles. The van der Waals surface area contributed by atoms with Crippen LogP contribution in [0.4, 0.5) is 10.2 Å². The third-order valence-electron chi connectivity index (χ3n) is 2.49. The number of aromatic nitrogens is 2. The van der Waals surface area contributed by atoms with E-state index in [1.807, 2.05) is 0 Å². The maximum atomic E-state index is 13.7. The second-order valence-electron chi connectivity index (χ2n) is 3.58. The van der Waals surface area contributed by atoms with Crippen LogP contribution >= 0.6 is 15.9 Å². The van der Waals surface area contributed by atoms with Gasteiger partial charge in [-0.3, -0.25) is 5.10 Å². The van der Waals surface area contributed by atoms with Crippen molar-refractivity contribution in [1.82, 2.24) is 10.2 Å². The molecule has 0 amide bonds. The summed E-state index contributed by atoms with van der Waals surface area (Å²) in [7, 11) is 1.50. The Hall–Kier alpha value is -1.56. The Kier molecular flexibility index (Phi) is 3.06. The van der Waals surface area contributed by atoms with Crippen molar-refractivity contribution in [3.63, 3.8) is 0 Å². The zero-order chi connectivity index (χ0) is 12.6. The van der Waals surface area contributed by atoms with E-state index >= 15 is 0 Å². The van der Waals surface area contributed by atoms with Crippen molar-refractivity contribution in [2.24, 2.45) is 0 Å². The molecule has 0 radical (unpaired) electrons. The first kappa shape index (κ1) is 11.9. The summed E-state index contributed by atoms with van der Waals surface area (Å²) in [5, 5.41) is 6.61. The van der Waals surface area contributed by atoms with E-state index in [4.69, 9.17) is 10.5 Å². The van der Waals surface area contributed by atoms with Crippen molar-refractivity contribution in [1.29, 1.82) is 0 Å². The van der Waals surface area contributed by atoms with Gasteiger partial charge in [-0.2, -0.15) is 5.10 Å². The van der Waals surface area contributed by atoms with Crippen LogP contribution < -0.4 is 10.5 Å². The number of halogens is 2. The lowest BCUT2D eigenvalue weighted by Gasteiger charge is -2.12. The van der Waals surface area contributed by atoms with Crippen molar-refractivity contribution in [3.8, 4) is 17.0 Å².